The van der Waals surface area contributed by atoms with E-state index in [1.54, 1.807) is 21.4 Å². The van der Waals surface area contributed by atoms with Gasteiger partial charge in [0, 0.05) is 17.5 Å². The van der Waals surface area contributed by atoms with Gasteiger partial charge in [-0.2, -0.15) is 5.10 Å². The van der Waals surface area contributed by atoms with Gasteiger partial charge in [-0.3, -0.25) is 4.98 Å². The van der Waals surface area contributed by atoms with E-state index in [9.17, 15) is 0 Å². The maximum absolute atomic E-state index is 5.89. The molecule has 0 aliphatic carbocycles. The number of fused-ring (bicyclic) bond motifs is 1. The first-order valence-electron chi connectivity index (χ1n) is 4.75. The molecule has 3 rings (SSSR count). The fourth-order valence-corrected chi connectivity index (χ4v) is 2.40. The Hall–Kier alpha value is -1.95. The molecular formula is C10H9N5S. The Labute approximate surface area is 95.6 Å². The van der Waals surface area contributed by atoms with Gasteiger partial charge in [-0.1, -0.05) is 0 Å². The Balaban J connectivity index is 2.42. The van der Waals surface area contributed by atoms with Gasteiger partial charge in [-0.25, -0.2) is 9.50 Å². The second-order valence-corrected chi connectivity index (χ2v) is 4.36. The standard InChI is InChI=1S/C10H9N5S/c1-6-2-7(8-3-12-5-16-8)9-10(11)13-4-14-15(6)9/h2-5H,1H3,(H2,11,13,14). The second-order valence-electron chi connectivity index (χ2n) is 3.47. The predicted octanol–water partition coefficient (Wildman–Crippen LogP) is 1.74. The van der Waals surface area contributed by atoms with Gasteiger partial charge in [0.25, 0.3) is 0 Å². The molecule has 80 valence electrons. The van der Waals surface area contributed by atoms with E-state index < -0.39 is 0 Å². The topological polar surface area (TPSA) is 69.1 Å². The zero-order valence-corrected chi connectivity index (χ0v) is 9.40. The first kappa shape index (κ1) is 9.29. The van der Waals surface area contributed by atoms with Crippen LogP contribution in [0.15, 0.2) is 24.1 Å². The summed E-state index contributed by atoms with van der Waals surface area (Å²) in [5, 5.41) is 4.18. The number of rotatable bonds is 1. The molecule has 6 heteroatoms. The Morgan fingerprint density at radius 2 is 2.31 bits per heavy atom. The monoisotopic (exact) mass is 231 g/mol. The third-order valence-electron chi connectivity index (χ3n) is 2.46. The van der Waals surface area contributed by atoms with Crippen LogP contribution in [0.5, 0.6) is 0 Å². The van der Waals surface area contributed by atoms with Crippen LogP contribution in [0, 0.1) is 6.92 Å². The largest absolute Gasteiger partial charge is 0.382 e. The average Bonchev–Trinajstić information content (AvgIpc) is 2.87. The molecule has 0 fully saturated rings. The minimum absolute atomic E-state index is 0.492. The summed E-state index contributed by atoms with van der Waals surface area (Å²) >= 11 is 1.58. The number of nitrogens with zero attached hydrogens (tertiary/aromatic N) is 4. The Morgan fingerprint density at radius 1 is 1.44 bits per heavy atom. The lowest BCUT2D eigenvalue weighted by molar-refractivity contribution is 0.875. The molecule has 0 aliphatic rings. The number of hydrogen-bond acceptors (Lipinski definition) is 5. The third kappa shape index (κ3) is 1.20. The van der Waals surface area contributed by atoms with Gasteiger partial charge in [-0.15, -0.1) is 11.3 Å². The Kier molecular flexibility index (Phi) is 1.90. The lowest BCUT2D eigenvalue weighted by Crippen LogP contribution is -2.00. The van der Waals surface area contributed by atoms with Gasteiger partial charge in [0.05, 0.1) is 10.4 Å². The van der Waals surface area contributed by atoms with Crippen molar-refractivity contribution in [1.29, 1.82) is 0 Å². The molecule has 16 heavy (non-hydrogen) atoms. The maximum atomic E-state index is 5.89. The van der Waals surface area contributed by atoms with Crippen LogP contribution in [0.3, 0.4) is 0 Å². The molecule has 0 saturated carbocycles. The van der Waals surface area contributed by atoms with Crippen LogP contribution in [-0.2, 0) is 0 Å². The summed E-state index contributed by atoms with van der Waals surface area (Å²) in [5.74, 6) is 0.492. The lowest BCUT2D eigenvalue weighted by Gasteiger charge is -1.99. The van der Waals surface area contributed by atoms with Crippen molar-refractivity contribution in [3.63, 3.8) is 0 Å². The van der Waals surface area contributed by atoms with Crippen molar-refractivity contribution >= 4 is 22.7 Å². The first-order valence-corrected chi connectivity index (χ1v) is 5.63. The molecule has 3 aromatic heterocycles. The summed E-state index contributed by atoms with van der Waals surface area (Å²) in [5.41, 5.74) is 10.6. The lowest BCUT2D eigenvalue weighted by atomic mass is 10.2. The van der Waals surface area contributed by atoms with E-state index >= 15 is 0 Å². The van der Waals surface area contributed by atoms with E-state index in [4.69, 9.17) is 5.73 Å². The first-order chi connectivity index (χ1) is 7.77. The summed E-state index contributed by atoms with van der Waals surface area (Å²) in [6.45, 7) is 1.99. The van der Waals surface area contributed by atoms with Gasteiger partial charge in [0.2, 0.25) is 0 Å². The van der Waals surface area contributed by atoms with Crippen molar-refractivity contribution in [1.82, 2.24) is 19.6 Å². The average molecular weight is 231 g/mol. The highest BCUT2D eigenvalue weighted by atomic mass is 32.1. The van der Waals surface area contributed by atoms with Gasteiger partial charge in [0.1, 0.15) is 11.8 Å². The van der Waals surface area contributed by atoms with Crippen molar-refractivity contribution in [2.45, 2.75) is 6.92 Å². The predicted molar refractivity (Wildman–Crippen MR) is 63.2 cm³/mol. The van der Waals surface area contributed by atoms with Crippen LogP contribution in [0.25, 0.3) is 16.0 Å². The van der Waals surface area contributed by atoms with Gasteiger partial charge in [-0.05, 0) is 13.0 Å². The fraction of sp³-hybridized carbons (Fsp3) is 0.100. The molecule has 0 atom stereocenters. The smallest absolute Gasteiger partial charge is 0.152 e. The summed E-state index contributed by atoms with van der Waals surface area (Å²) < 4.78 is 1.80. The molecule has 0 unspecified atom stereocenters. The molecule has 3 aromatic rings. The highest BCUT2D eigenvalue weighted by Gasteiger charge is 2.13. The summed E-state index contributed by atoms with van der Waals surface area (Å²) in [6.07, 6.45) is 3.29. The fourth-order valence-electron chi connectivity index (χ4n) is 1.76. The zero-order valence-electron chi connectivity index (χ0n) is 8.58. The highest BCUT2D eigenvalue weighted by molar-refractivity contribution is 7.13. The normalized spacial score (nSPS) is 11.1. The molecule has 3 heterocycles. The molecule has 2 N–H and O–H groups in total. The van der Waals surface area contributed by atoms with Crippen LogP contribution in [-0.4, -0.2) is 19.6 Å². The Morgan fingerprint density at radius 3 is 3.06 bits per heavy atom. The SMILES string of the molecule is Cc1cc(-c2cncs2)c2c(N)ncnn12. The van der Waals surface area contributed by atoms with Crippen LogP contribution in [0.1, 0.15) is 5.69 Å². The molecule has 5 nitrogen and oxygen atoms in total. The minimum atomic E-state index is 0.492. The third-order valence-corrected chi connectivity index (χ3v) is 3.26. The van der Waals surface area contributed by atoms with E-state index in [2.05, 4.69) is 15.1 Å². The van der Waals surface area contributed by atoms with Crippen molar-refractivity contribution in [3.05, 3.63) is 29.8 Å². The van der Waals surface area contributed by atoms with E-state index in [0.717, 1.165) is 21.7 Å². The number of anilines is 1. The van der Waals surface area contributed by atoms with E-state index in [0.29, 0.717) is 5.82 Å². The number of thiazole rings is 1. The molecule has 0 spiro atoms. The van der Waals surface area contributed by atoms with Crippen LogP contribution >= 0.6 is 11.3 Å². The van der Waals surface area contributed by atoms with Crippen molar-refractivity contribution < 1.29 is 0 Å². The summed E-state index contributed by atoms with van der Waals surface area (Å²) in [6, 6.07) is 2.05. The van der Waals surface area contributed by atoms with Crippen molar-refractivity contribution in [2.75, 3.05) is 5.73 Å². The van der Waals surface area contributed by atoms with E-state index in [1.807, 2.05) is 19.2 Å². The van der Waals surface area contributed by atoms with Crippen LogP contribution in [0.2, 0.25) is 0 Å². The van der Waals surface area contributed by atoms with E-state index in [-0.39, 0.29) is 0 Å². The maximum Gasteiger partial charge on any atom is 0.152 e. The number of nitrogen functional groups attached to an aromatic ring is 1. The van der Waals surface area contributed by atoms with Crippen LogP contribution < -0.4 is 5.73 Å². The molecule has 0 bridgehead atoms. The van der Waals surface area contributed by atoms with Gasteiger partial charge >= 0.3 is 0 Å². The number of hydrogen-bond donors (Lipinski definition) is 1. The van der Waals surface area contributed by atoms with Gasteiger partial charge in [0.15, 0.2) is 5.82 Å². The molecule has 0 aliphatic heterocycles. The van der Waals surface area contributed by atoms with Crippen molar-refractivity contribution in [2.24, 2.45) is 0 Å². The molecule has 0 radical (unpaired) electrons. The number of nitrogens with two attached hydrogens (primary N) is 1. The summed E-state index contributed by atoms with van der Waals surface area (Å²) in [7, 11) is 0. The van der Waals surface area contributed by atoms with Crippen molar-refractivity contribution in [3.8, 4) is 10.4 Å². The zero-order chi connectivity index (χ0) is 11.1. The van der Waals surface area contributed by atoms with E-state index in [1.165, 1.54) is 6.33 Å². The summed E-state index contributed by atoms with van der Waals surface area (Å²) in [4.78, 5) is 9.17. The quantitative estimate of drug-likeness (QED) is 0.692. The van der Waals surface area contributed by atoms with Crippen LogP contribution in [0.4, 0.5) is 5.82 Å². The molecule has 0 amide bonds. The number of aromatic nitrogens is 4. The molecule has 0 aromatic carbocycles. The Bertz CT molecular complexity index is 641. The molecule has 0 saturated heterocycles. The highest BCUT2D eigenvalue weighted by Crippen LogP contribution is 2.31. The minimum Gasteiger partial charge on any atom is -0.382 e. The second kappa shape index (κ2) is 3.28. The van der Waals surface area contributed by atoms with Gasteiger partial charge < -0.3 is 5.73 Å². The number of aryl methyl sites for hydroxylation is 1. The molecular weight excluding hydrogens is 222 g/mol.